The Labute approximate surface area is 157 Å². The molecule has 1 aromatic carbocycles. The van der Waals surface area contributed by atoms with E-state index in [4.69, 9.17) is 16.3 Å². The summed E-state index contributed by atoms with van der Waals surface area (Å²) in [6.07, 6.45) is -0.756. The van der Waals surface area contributed by atoms with Crippen molar-refractivity contribution in [2.75, 3.05) is 6.61 Å². The molecule has 0 atom stereocenters. The minimum atomic E-state index is -0.756. The molecule has 0 fully saturated rings. The molecule has 0 saturated heterocycles. The second kappa shape index (κ2) is 7.63. The van der Waals surface area contributed by atoms with E-state index in [9.17, 15) is 9.59 Å². The summed E-state index contributed by atoms with van der Waals surface area (Å²) in [6, 6.07) is 8.95. The zero-order valence-corrected chi connectivity index (χ0v) is 15.5. The van der Waals surface area contributed by atoms with Gasteiger partial charge in [0.15, 0.2) is 16.6 Å². The van der Waals surface area contributed by atoms with Gasteiger partial charge in [0.2, 0.25) is 4.80 Å². The van der Waals surface area contributed by atoms with Crippen LogP contribution in [0.25, 0.3) is 17.1 Å². The number of hydrogen-bond acceptors (Lipinski definition) is 6. The maximum absolute atomic E-state index is 11.7. The number of nitrogens with zero attached hydrogens (tertiary/aromatic N) is 4. The molecule has 3 rings (SSSR count). The van der Waals surface area contributed by atoms with Crippen LogP contribution in [0.4, 0.5) is 4.79 Å². The van der Waals surface area contributed by atoms with Crippen molar-refractivity contribution in [3.8, 4) is 17.1 Å². The van der Waals surface area contributed by atoms with Crippen LogP contribution in [0.5, 0.6) is 0 Å². The molecular formula is C16H14ClN5O3S. The lowest BCUT2D eigenvalue weighted by Gasteiger charge is -1.96. The van der Waals surface area contributed by atoms with Gasteiger partial charge in [-0.05, 0) is 24.6 Å². The molecule has 0 radical (unpaired) electrons. The van der Waals surface area contributed by atoms with E-state index < -0.39 is 6.09 Å². The highest BCUT2D eigenvalue weighted by molar-refractivity contribution is 7.11. The van der Waals surface area contributed by atoms with Crippen LogP contribution in [0.15, 0.2) is 35.3 Å². The summed E-state index contributed by atoms with van der Waals surface area (Å²) in [5, 5.41) is 12.1. The lowest BCUT2D eigenvalue weighted by atomic mass is 10.1. The Balaban J connectivity index is 2.04. The van der Waals surface area contributed by atoms with Gasteiger partial charge in [0.1, 0.15) is 0 Å². The number of aromatic nitrogens is 4. The predicted molar refractivity (Wildman–Crippen MR) is 96.6 cm³/mol. The van der Waals surface area contributed by atoms with Crippen LogP contribution < -0.4 is 4.80 Å². The fraction of sp³-hybridized carbons (Fsp3) is 0.188. The molecule has 0 aliphatic heterocycles. The van der Waals surface area contributed by atoms with Gasteiger partial charge in [-0.2, -0.15) is 9.78 Å². The molecule has 1 amide bonds. The van der Waals surface area contributed by atoms with Crippen LogP contribution in [-0.2, 0) is 4.74 Å². The number of carbonyl (C=O) groups is 2. The number of amides is 1. The third-order valence-corrected chi connectivity index (χ3v) is 4.51. The van der Waals surface area contributed by atoms with Gasteiger partial charge in [0, 0.05) is 18.0 Å². The predicted octanol–water partition coefficient (Wildman–Crippen LogP) is 3.24. The average molecular weight is 392 g/mol. The molecule has 8 nitrogen and oxygen atoms in total. The third-order valence-electron chi connectivity index (χ3n) is 3.25. The first-order valence-electron chi connectivity index (χ1n) is 7.62. The molecule has 3 aromatic rings. The summed E-state index contributed by atoms with van der Waals surface area (Å²) < 4.78 is 6.15. The second-order valence-electron chi connectivity index (χ2n) is 5.12. The fourth-order valence-electron chi connectivity index (χ4n) is 2.08. The number of hydrogen-bond donors (Lipinski definition) is 1. The van der Waals surface area contributed by atoms with Crippen molar-refractivity contribution in [1.29, 1.82) is 0 Å². The van der Waals surface area contributed by atoms with Crippen molar-refractivity contribution < 1.29 is 14.3 Å². The molecule has 0 bridgehead atoms. The monoisotopic (exact) mass is 391 g/mol. The number of benzene rings is 1. The molecular weight excluding hydrogens is 378 g/mol. The first-order valence-corrected chi connectivity index (χ1v) is 8.81. The number of ketones is 1. The quantitative estimate of drug-likeness (QED) is 0.688. The lowest BCUT2D eigenvalue weighted by Crippen LogP contribution is -2.17. The molecule has 1 N–H and O–H groups in total. The van der Waals surface area contributed by atoms with E-state index in [0.717, 1.165) is 22.6 Å². The highest BCUT2D eigenvalue weighted by Crippen LogP contribution is 2.21. The molecule has 0 saturated carbocycles. The van der Waals surface area contributed by atoms with Gasteiger partial charge < -0.3 is 4.74 Å². The number of halogens is 1. The molecule has 2 heterocycles. The second-order valence-corrected chi connectivity index (χ2v) is 6.51. The van der Waals surface area contributed by atoms with E-state index in [1.807, 2.05) is 12.1 Å². The van der Waals surface area contributed by atoms with Gasteiger partial charge >= 0.3 is 6.09 Å². The minimum Gasteiger partial charge on any atom is -0.448 e. The van der Waals surface area contributed by atoms with Crippen molar-refractivity contribution in [3.63, 3.8) is 0 Å². The Kier molecular flexibility index (Phi) is 5.29. The Hall–Kier alpha value is -2.78. The summed E-state index contributed by atoms with van der Waals surface area (Å²) in [5.41, 5.74) is 1.60. The number of H-pyrrole nitrogens is 1. The summed E-state index contributed by atoms with van der Waals surface area (Å²) in [4.78, 5) is 27.4. The highest BCUT2D eigenvalue weighted by Gasteiger charge is 2.15. The van der Waals surface area contributed by atoms with Crippen molar-refractivity contribution in [3.05, 3.63) is 45.2 Å². The third kappa shape index (κ3) is 3.89. The Morgan fingerprint density at radius 1 is 1.35 bits per heavy atom. The van der Waals surface area contributed by atoms with Gasteiger partial charge in [-0.1, -0.05) is 35.1 Å². The smallest absolute Gasteiger partial charge is 0.436 e. The lowest BCUT2D eigenvalue weighted by molar-refractivity contribution is 0.101. The van der Waals surface area contributed by atoms with Crippen LogP contribution in [0.3, 0.4) is 0 Å². The standard InChI is InChI=1S/C16H14ClN5O3S/c1-3-25-16(24)18-15-22(21-14(26-15)9(2)23)13-8-12(19-20-13)10-4-6-11(17)7-5-10/h4-8H,3H2,1-2H3,(H,19,20)/b18-15-. The largest absolute Gasteiger partial charge is 0.448 e. The molecule has 0 unspecified atom stereocenters. The fourth-order valence-corrected chi connectivity index (χ4v) is 2.98. The first-order chi connectivity index (χ1) is 12.5. The van der Waals surface area contributed by atoms with Gasteiger partial charge in [0.25, 0.3) is 0 Å². The van der Waals surface area contributed by atoms with Crippen LogP contribution in [0.1, 0.15) is 23.6 Å². The normalized spacial score (nSPS) is 11.6. The molecule has 26 heavy (non-hydrogen) atoms. The zero-order valence-electron chi connectivity index (χ0n) is 13.9. The Morgan fingerprint density at radius 2 is 2.08 bits per heavy atom. The van der Waals surface area contributed by atoms with Gasteiger partial charge in [-0.3, -0.25) is 9.89 Å². The summed E-state index contributed by atoms with van der Waals surface area (Å²) in [5.74, 6) is 0.157. The Morgan fingerprint density at radius 3 is 2.73 bits per heavy atom. The van der Waals surface area contributed by atoms with Crippen LogP contribution in [0.2, 0.25) is 5.02 Å². The summed E-state index contributed by atoms with van der Waals surface area (Å²) >= 11 is 6.89. The van der Waals surface area contributed by atoms with Crippen LogP contribution >= 0.6 is 22.9 Å². The number of ether oxygens (including phenoxy) is 1. The van der Waals surface area contributed by atoms with Gasteiger partial charge in [0.05, 0.1) is 12.3 Å². The number of nitrogens with one attached hydrogen (secondary N) is 1. The van der Waals surface area contributed by atoms with Gasteiger partial charge in [-0.15, -0.1) is 10.1 Å². The molecule has 10 heteroatoms. The number of carbonyl (C=O) groups excluding carboxylic acids is 2. The van der Waals surface area contributed by atoms with Gasteiger partial charge in [-0.25, -0.2) is 4.79 Å². The molecule has 0 spiro atoms. The van der Waals surface area contributed by atoms with Crippen molar-refractivity contribution >= 4 is 34.8 Å². The van der Waals surface area contributed by atoms with E-state index in [2.05, 4.69) is 20.3 Å². The van der Waals surface area contributed by atoms with E-state index in [1.165, 1.54) is 11.6 Å². The van der Waals surface area contributed by atoms with E-state index in [-0.39, 0.29) is 22.2 Å². The van der Waals surface area contributed by atoms with Crippen molar-refractivity contribution in [1.82, 2.24) is 20.0 Å². The van der Waals surface area contributed by atoms with E-state index >= 15 is 0 Å². The molecule has 2 aromatic heterocycles. The van der Waals surface area contributed by atoms with E-state index in [1.54, 1.807) is 25.1 Å². The summed E-state index contributed by atoms with van der Waals surface area (Å²) in [7, 11) is 0. The van der Waals surface area contributed by atoms with E-state index in [0.29, 0.717) is 10.8 Å². The number of rotatable bonds is 4. The highest BCUT2D eigenvalue weighted by atomic mass is 35.5. The molecule has 134 valence electrons. The molecule has 0 aliphatic carbocycles. The van der Waals surface area contributed by atoms with Crippen molar-refractivity contribution in [2.24, 2.45) is 4.99 Å². The maximum Gasteiger partial charge on any atom is 0.436 e. The minimum absolute atomic E-state index is 0.197. The van der Waals surface area contributed by atoms with Crippen LogP contribution in [-0.4, -0.2) is 38.5 Å². The Bertz CT molecular complexity index is 1020. The summed E-state index contributed by atoms with van der Waals surface area (Å²) in [6.45, 7) is 3.27. The number of Topliss-reactive ketones (excluding diaryl/α,β-unsaturated/α-hetero) is 1. The van der Waals surface area contributed by atoms with Crippen molar-refractivity contribution in [2.45, 2.75) is 13.8 Å². The maximum atomic E-state index is 11.7. The zero-order chi connectivity index (χ0) is 18.7. The van der Waals surface area contributed by atoms with Crippen LogP contribution in [0, 0.1) is 0 Å². The SMILES string of the molecule is CCOC(=O)/N=c1\sc(C(C)=O)nn1-c1cc(-c2ccc(Cl)cc2)[nH]n1. The first kappa shape index (κ1) is 18.0. The topological polar surface area (TPSA) is 102 Å². The average Bonchev–Trinajstić information content (AvgIpc) is 3.22. The molecule has 0 aliphatic rings. The number of aromatic amines is 1.